The number of anilines is 1. The number of nitrogens with one attached hydrogen (secondary N) is 1. The monoisotopic (exact) mass is 351 g/mol. The molecule has 26 heavy (non-hydrogen) atoms. The molecule has 0 spiro atoms. The molecule has 1 aliphatic rings. The highest BCUT2D eigenvalue weighted by Crippen LogP contribution is 2.31. The zero-order valence-electron chi connectivity index (χ0n) is 15.1. The highest BCUT2D eigenvalue weighted by atomic mass is 16.6. The summed E-state index contributed by atoms with van der Waals surface area (Å²) in [5, 5.41) is 7.70. The molecular weight excluding hydrogens is 330 g/mol. The molecule has 134 valence electrons. The van der Waals surface area contributed by atoms with Crippen LogP contribution in [0, 0.1) is 13.8 Å². The summed E-state index contributed by atoms with van der Waals surface area (Å²) in [5.41, 5.74) is 3.93. The molecule has 0 saturated heterocycles. The van der Waals surface area contributed by atoms with E-state index in [1.54, 1.807) is 6.20 Å². The van der Waals surface area contributed by atoms with E-state index < -0.39 is 0 Å². The first kappa shape index (κ1) is 16.4. The van der Waals surface area contributed by atoms with Crippen molar-refractivity contribution in [3.8, 4) is 22.8 Å². The second kappa shape index (κ2) is 6.67. The maximum Gasteiger partial charge on any atom is 0.223 e. The number of hydrogen-bond donors (Lipinski definition) is 1. The van der Waals surface area contributed by atoms with Crippen molar-refractivity contribution in [3.05, 3.63) is 47.9 Å². The fourth-order valence-corrected chi connectivity index (χ4v) is 3.10. The number of aryl methyl sites for hydroxylation is 2. The van der Waals surface area contributed by atoms with Crippen LogP contribution in [-0.2, 0) is 7.05 Å². The van der Waals surface area contributed by atoms with Gasteiger partial charge in [-0.15, -0.1) is 0 Å². The smallest absolute Gasteiger partial charge is 0.223 e. The molecule has 1 atom stereocenters. The molecule has 0 fully saturated rings. The molecule has 0 radical (unpaired) electrons. The normalized spacial score (nSPS) is 15.7. The van der Waals surface area contributed by atoms with Crippen LogP contribution in [0.3, 0.4) is 0 Å². The molecule has 1 unspecified atom stereocenters. The second-order valence-electron chi connectivity index (χ2n) is 6.31. The first-order valence-electron chi connectivity index (χ1n) is 8.58. The third-order valence-corrected chi connectivity index (χ3v) is 4.48. The Morgan fingerprint density at radius 3 is 2.77 bits per heavy atom. The van der Waals surface area contributed by atoms with Crippen molar-refractivity contribution in [1.29, 1.82) is 0 Å². The zero-order valence-corrected chi connectivity index (χ0v) is 15.1. The second-order valence-corrected chi connectivity index (χ2v) is 6.31. The minimum absolute atomic E-state index is 0.0981. The predicted octanol–water partition coefficient (Wildman–Crippen LogP) is 2.75. The third kappa shape index (κ3) is 3.08. The fourth-order valence-electron chi connectivity index (χ4n) is 3.10. The van der Waals surface area contributed by atoms with Crippen LogP contribution in [0.1, 0.15) is 11.4 Å². The average molecular weight is 351 g/mol. The van der Waals surface area contributed by atoms with Gasteiger partial charge >= 0.3 is 0 Å². The van der Waals surface area contributed by atoms with Crippen molar-refractivity contribution in [2.45, 2.75) is 20.0 Å². The van der Waals surface area contributed by atoms with Gasteiger partial charge in [0, 0.05) is 24.5 Å². The van der Waals surface area contributed by atoms with Crippen molar-refractivity contribution in [3.63, 3.8) is 0 Å². The number of rotatable bonds is 4. The third-order valence-electron chi connectivity index (χ3n) is 4.48. The number of nitrogens with zero attached hydrogens (tertiary/aromatic N) is 4. The molecule has 7 heteroatoms. The summed E-state index contributed by atoms with van der Waals surface area (Å²) >= 11 is 0. The van der Waals surface area contributed by atoms with Crippen LogP contribution in [-0.4, -0.2) is 39.0 Å². The van der Waals surface area contributed by atoms with Crippen LogP contribution in [0.4, 0.5) is 5.95 Å². The van der Waals surface area contributed by atoms with Gasteiger partial charge in [-0.2, -0.15) is 5.10 Å². The topological polar surface area (TPSA) is 74.1 Å². The summed E-state index contributed by atoms with van der Waals surface area (Å²) in [4.78, 5) is 8.95. The lowest BCUT2D eigenvalue weighted by atomic mass is 10.1. The van der Waals surface area contributed by atoms with Crippen molar-refractivity contribution in [2.24, 2.45) is 7.05 Å². The minimum atomic E-state index is -0.0981. The lowest BCUT2D eigenvalue weighted by molar-refractivity contribution is 0.0996. The Kier molecular flexibility index (Phi) is 4.20. The SMILES string of the molecule is Cc1nn(C)c(C)c1-c1ccnc(NCC2COc3ccccc3O2)n1. The van der Waals surface area contributed by atoms with E-state index in [4.69, 9.17) is 9.47 Å². The summed E-state index contributed by atoms with van der Waals surface area (Å²) in [6.45, 7) is 5.07. The van der Waals surface area contributed by atoms with E-state index in [0.29, 0.717) is 19.1 Å². The van der Waals surface area contributed by atoms with Gasteiger partial charge in [0.1, 0.15) is 12.7 Å². The predicted molar refractivity (Wildman–Crippen MR) is 98.6 cm³/mol. The first-order chi connectivity index (χ1) is 12.6. The van der Waals surface area contributed by atoms with Gasteiger partial charge in [0.15, 0.2) is 11.5 Å². The van der Waals surface area contributed by atoms with E-state index in [1.165, 1.54) is 0 Å². The molecule has 4 rings (SSSR count). The van der Waals surface area contributed by atoms with Crippen LogP contribution < -0.4 is 14.8 Å². The van der Waals surface area contributed by atoms with Gasteiger partial charge in [-0.3, -0.25) is 4.68 Å². The quantitative estimate of drug-likeness (QED) is 0.779. The van der Waals surface area contributed by atoms with E-state index in [1.807, 2.05) is 55.9 Å². The fraction of sp³-hybridized carbons (Fsp3) is 0.316. The molecule has 0 saturated carbocycles. The van der Waals surface area contributed by atoms with E-state index in [9.17, 15) is 0 Å². The maximum atomic E-state index is 5.95. The molecule has 3 heterocycles. The molecule has 0 aliphatic carbocycles. The lowest BCUT2D eigenvalue weighted by Gasteiger charge is -2.26. The highest BCUT2D eigenvalue weighted by molar-refractivity contribution is 5.65. The van der Waals surface area contributed by atoms with Crippen LogP contribution in [0.25, 0.3) is 11.3 Å². The summed E-state index contributed by atoms with van der Waals surface area (Å²) in [7, 11) is 1.93. The molecular formula is C19H21N5O2. The van der Waals surface area contributed by atoms with Crippen LogP contribution in [0.5, 0.6) is 11.5 Å². The van der Waals surface area contributed by atoms with Gasteiger partial charge in [0.25, 0.3) is 0 Å². The van der Waals surface area contributed by atoms with E-state index >= 15 is 0 Å². The van der Waals surface area contributed by atoms with Gasteiger partial charge in [0.05, 0.1) is 17.9 Å². The summed E-state index contributed by atoms with van der Waals surface area (Å²) in [5.74, 6) is 2.11. The number of para-hydroxylation sites is 2. The van der Waals surface area contributed by atoms with Gasteiger partial charge in [0.2, 0.25) is 5.95 Å². The van der Waals surface area contributed by atoms with Crippen LogP contribution in [0.2, 0.25) is 0 Å². The number of ether oxygens (including phenoxy) is 2. The van der Waals surface area contributed by atoms with Gasteiger partial charge in [-0.05, 0) is 32.0 Å². The Morgan fingerprint density at radius 2 is 2.00 bits per heavy atom. The largest absolute Gasteiger partial charge is 0.486 e. The van der Waals surface area contributed by atoms with Crippen molar-refractivity contribution in [2.75, 3.05) is 18.5 Å². The summed E-state index contributed by atoms with van der Waals surface area (Å²) in [6, 6.07) is 9.58. The van der Waals surface area contributed by atoms with Crippen molar-refractivity contribution >= 4 is 5.95 Å². The molecule has 7 nitrogen and oxygen atoms in total. The van der Waals surface area contributed by atoms with Gasteiger partial charge in [-0.25, -0.2) is 9.97 Å². The number of hydrogen-bond acceptors (Lipinski definition) is 6. The number of aromatic nitrogens is 4. The van der Waals surface area contributed by atoms with E-state index in [-0.39, 0.29) is 6.10 Å². The Morgan fingerprint density at radius 1 is 1.19 bits per heavy atom. The van der Waals surface area contributed by atoms with E-state index in [2.05, 4.69) is 20.4 Å². The molecule has 1 N–H and O–H groups in total. The summed E-state index contributed by atoms with van der Waals surface area (Å²) < 4.78 is 13.6. The van der Waals surface area contributed by atoms with Gasteiger partial charge < -0.3 is 14.8 Å². The Labute approximate surface area is 152 Å². The molecule has 0 amide bonds. The maximum absolute atomic E-state index is 5.95. The first-order valence-corrected chi connectivity index (χ1v) is 8.58. The number of fused-ring (bicyclic) bond motifs is 1. The van der Waals surface area contributed by atoms with Crippen molar-refractivity contribution in [1.82, 2.24) is 19.7 Å². The zero-order chi connectivity index (χ0) is 18.1. The number of benzene rings is 1. The van der Waals surface area contributed by atoms with Crippen molar-refractivity contribution < 1.29 is 9.47 Å². The molecule has 1 aromatic carbocycles. The minimum Gasteiger partial charge on any atom is -0.486 e. The molecule has 2 aromatic heterocycles. The lowest BCUT2D eigenvalue weighted by Crippen LogP contribution is -2.35. The average Bonchev–Trinajstić information content (AvgIpc) is 2.92. The van der Waals surface area contributed by atoms with Crippen LogP contribution in [0.15, 0.2) is 36.5 Å². The molecule has 1 aliphatic heterocycles. The van der Waals surface area contributed by atoms with Gasteiger partial charge in [-0.1, -0.05) is 12.1 Å². The Bertz CT molecular complexity index is 937. The standard InChI is InChI=1S/C19H21N5O2/c1-12-18(13(2)24(3)23-12)15-8-9-20-19(22-15)21-10-14-11-25-16-6-4-5-7-17(16)26-14/h4-9,14H,10-11H2,1-3H3,(H,20,21,22). The molecule has 3 aromatic rings. The summed E-state index contributed by atoms with van der Waals surface area (Å²) in [6.07, 6.45) is 1.66. The molecule has 0 bridgehead atoms. The van der Waals surface area contributed by atoms with E-state index in [0.717, 1.165) is 34.1 Å². The Hall–Kier alpha value is -3.09. The highest BCUT2D eigenvalue weighted by Gasteiger charge is 2.21. The van der Waals surface area contributed by atoms with Crippen LogP contribution >= 0.6 is 0 Å². The Balaban J connectivity index is 1.47.